The molecule has 0 amide bonds. The second kappa shape index (κ2) is 11.3. The van der Waals surface area contributed by atoms with E-state index in [1.807, 2.05) is 6.07 Å². The van der Waals surface area contributed by atoms with Crippen LogP contribution in [-0.2, 0) is 4.74 Å². The minimum absolute atomic E-state index is 0.357. The van der Waals surface area contributed by atoms with Gasteiger partial charge in [-0.2, -0.15) is 0 Å². The van der Waals surface area contributed by atoms with Crippen molar-refractivity contribution >= 4 is 23.3 Å². The molecule has 4 nitrogen and oxygen atoms in total. The highest BCUT2D eigenvalue weighted by Gasteiger charge is 2.12. The molecule has 0 aliphatic carbocycles. The maximum absolute atomic E-state index is 12.0. The lowest BCUT2D eigenvalue weighted by Gasteiger charge is -2.10. The predicted octanol–water partition coefficient (Wildman–Crippen LogP) is 4.10. The van der Waals surface area contributed by atoms with Crippen LogP contribution in [0.5, 0.6) is 0 Å². The van der Waals surface area contributed by atoms with Gasteiger partial charge in [-0.3, -0.25) is 0 Å². The number of carbonyl (C=O) groups excluding carboxylic acids is 1. The third-order valence-electron chi connectivity index (χ3n) is 3.27. The van der Waals surface area contributed by atoms with Crippen molar-refractivity contribution in [3.63, 3.8) is 0 Å². The smallest absolute Gasteiger partial charge is 0.339 e. The van der Waals surface area contributed by atoms with Crippen molar-refractivity contribution in [3.05, 3.63) is 28.8 Å². The zero-order valence-corrected chi connectivity index (χ0v) is 14.3. The van der Waals surface area contributed by atoms with E-state index in [4.69, 9.17) is 16.3 Å². The summed E-state index contributed by atoms with van der Waals surface area (Å²) >= 11 is 6.16. The fourth-order valence-electron chi connectivity index (χ4n) is 1.92. The highest BCUT2D eigenvalue weighted by atomic mass is 35.5. The SMILES string of the molecule is CCCCNCCOC(=O)c1ccc(NCCCC)cc1Cl. The van der Waals surface area contributed by atoms with Crippen LogP contribution in [0.2, 0.25) is 5.02 Å². The van der Waals surface area contributed by atoms with E-state index in [0.29, 0.717) is 23.7 Å². The van der Waals surface area contributed by atoms with E-state index in [9.17, 15) is 4.79 Å². The van der Waals surface area contributed by atoms with Crippen molar-refractivity contribution < 1.29 is 9.53 Å². The molecule has 0 spiro atoms. The minimum Gasteiger partial charge on any atom is -0.461 e. The number of esters is 1. The Labute approximate surface area is 138 Å². The lowest BCUT2D eigenvalue weighted by atomic mass is 10.2. The maximum atomic E-state index is 12.0. The van der Waals surface area contributed by atoms with Crippen LogP contribution in [0.3, 0.4) is 0 Å². The molecule has 0 aliphatic heterocycles. The molecule has 0 atom stereocenters. The van der Waals surface area contributed by atoms with Crippen molar-refractivity contribution in [1.29, 1.82) is 0 Å². The van der Waals surface area contributed by atoms with Crippen molar-refractivity contribution in [3.8, 4) is 0 Å². The van der Waals surface area contributed by atoms with Gasteiger partial charge in [0.1, 0.15) is 6.61 Å². The molecule has 0 unspecified atom stereocenters. The number of hydrogen-bond donors (Lipinski definition) is 2. The van der Waals surface area contributed by atoms with E-state index in [0.717, 1.165) is 44.5 Å². The Morgan fingerprint density at radius 2 is 1.86 bits per heavy atom. The van der Waals surface area contributed by atoms with Crippen molar-refractivity contribution in [2.75, 3.05) is 31.6 Å². The molecule has 2 N–H and O–H groups in total. The van der Waals surface area contributed by atoms with Gasteiger partial charge in [0.05, 0.1) is 10.6 Å². The van der Waals surface area contributed by atoms with E-state index in [1.54, 1.807) is 12.1 Å². The standard InChI is InChI=1S/C17H27ClN2O2/c1-3-5-9-19-11-12-22-17(21)15-8-7-14(13-16(15)18)20-10-6-4-2/h7-8,13,19-20H,3-6,9-12H2,1-2H3. The minimum atomic E-state index is -0.373. The molecular formula is C17H27ClN2O2. The van der Waals surface area contributed by atoms with Crippen molar-refractivity contribution in [2.24, 2.45) is 0 Å². The molecule has 22 heavy (non-hydrogen) atoms. The molecule has 0 fully saturated rings. The number of carbonyl (C=O) groups is 1. The zero-order chi connectivity index (χ0) is 16.2. The summed E-state index contributed by atoms with van der Waals surface area (Å²) in [7, 11) is 0. The molecule has 0 heterocycles. The predicted molar refractivity (Wildman–Crippen MR) is 92.9 cm³/mol. The Morgan fingerprint density at radius 1 is 1.14 bits per heavy atom. The van der Waals surface area contributed by atoms with E-state index in [1.165, 1.54) is 0 Å². The first-order chi connectivity index (χ1) is 10.7. The number of anilines is 1. The zero-order valence-electron chi connectivity index (χ0n) is 13.6. The summed E-state index contributed by atoms with van der Waals surface area (Å²) in [5.41, 5.74) is 1.34. The third kappa shape index (κ3) is 7.14. The Balaban J connectivity index is 2.38. The highest BCUT2D eigenvalue weighted by Crippen LogP contribution is 2.21. The number of unbranched alkanes of at least 4 members (excludes halogenated alkanes) is 2. The van der Waals surface area contributed by atoms with E-state index < -0.39 is 0 Å². The second-order valence-corrected chi connectivity index (χ2v) is 5.62. The number of nitrogens with one attached hydrogen (secondary N) is 2. The Kier molecular flexibility index (Phi) is 9.67. The average molecular weight is 327 g/mol. The average Bonchev–Trinajstić information content (AvgIpc) is 2.51. The largest absolute Gasteiger partial charge is 0.461 e. The summed E-state index contributed by atoms with van der Waals surface area (Å²) in [5, 5.41) is 6.92. The normalized spacial score (nSPS) is 10.5. The van der Waals surface area contributed by atoms with Gasteiger partial charge in [0.25, 0.3) is 0 Å². The van der Waals surface area contributed by atoms with Crippen molar-refractivity contribution in [1.82, 2.24) is 5.32 Å². The van der Waals surface area contributed by atoms with Crippen LogP contribution in [0.15, 0.2) is 18.2 Å². The van der Waals surface area contributed by atoms with Gasteiger partial charge >= 0.3 is 5.97 Å². The molecule has 0 bridgehead atoms. The van der Waals surface area contributed by atoms with Gasteiger partial charge in [0, 0.05) is 18.8 Å². The summed E-state index contributed by atoms with van der Waals surface area (Å²) in [4.78, 5) is 12.0. The second-order valence-electron chi connectivity index (χ2n) is 5.21. The molecule has 1 aromatic rings. The van der Waals surface area contributed by atoms with Gasteiger partial charge < -0.3 is 15.4 Å². The van der Waals surface area contributed by atoms with Crippen LogP contribution in [0.1, 0.15) is 49.9 Å². The van der Waals surface area contributed by atoms with Crippen molar-refractivity contribution in [2.45, 2.75) is 39.5 Å². The van der Waals surface area contributed by atoms with Crippen LogP contribution in [0.25, 0.3) is 0 Å². The van der Waals surface area contributed by atoms with Gasteiger partial charge in [-0.1, -0.05) is 38.3 Å². The first-order valence-corrected chi connectivity index (χ1v) is 8.48. The highest BCUT2D eigenvalue weighted by molar-refractivity contribution is 6.33. The number of ether oxygens (including phenoxy) is 1. The van der Waals surface area contributed by atoms with Crippen LogP contribution in [0.4, 0.5) is 5.69 Å². The topological polar surface area (TPSA) is 50.4 Å². The fraction of sp³-hybridized carbons (Fsp3) is 0.588. The molecule has 1 aromatic carbocycles. The molecule has 0 radical (unpaired) electrons. The van der Waals surface area contributed by atoms with Gasteiger partial charge in [-0.25, -0.2) is 4.79 Å². The summed E-state index contributed by atoms with van der Waals surface area (Å²) in [6.45, 7) is 7.16. The van der Waals surface area contributed by atoms with Crippen LogP contribution in [0, 0.1) is 0 Å². The van der Waals surface area contributed by atoms with E-state index in [-0.39, 0.29) is 5.97 Å². The molecule has 0 aliphatic rings. The molecule has 1 rings (SSSR count). The lowest BCUT2D eigenvalue weighted by molar-refractivity contribution is 0.0509. The van der Waals surface area contributed by atoms with Gasteiger partial charge in [-0.15, -0.1) is 0 Å². The summed E-state index contributed by atoms with van der Waals surface area (Å²) in [6.07, 6.45) is 4.52. The third-order valence-corrected chi connectivity index (χ3v) is 3.58. The van der Waals surface area contributed by atoms with E-state index >= 15 is 0 Å². The summed E-state index contributed by atoms with van der Waals surface area (Å²) < 4.78 is 5.22. The Morgan fingerprint density at radius 3 is 2.55 bits per heavy atom. The van der Waals surface area contributed by atoms with Gasteiger partial charge in [-0.05, 0) is 37.6 Å². The maximum Gasteiger partial charge on any atom is 0.339 e. The number of halogens is 1. The number of benzene rings is 1. The van der Waals surface area contributed by atoms with Gasteiger partial charge in [0.2, 0.25) is 0 Å². The first-order valence-electron chi connectivity index (χ1n) is 8.10. The monoisotopic (exact) mass is 326 g/mol. The Hall–Kier alpha value is -1.26. The Bertz CT molecular complexity index is 452. The van der Waals surface area contributed by atoms with Gasteiger partial charge in [0.15, 0.2) is 0 Å². The molecular weight excluding hydrogens is 300 g/mol. The van der Waals surface area contributed by atoms with E-state index in [2.05, 4.69) is 24.5 Å². The first kappa shape index (κ1) is 18.8. The molecule has 0 saturated heterocycles. The number of hydrogen-bond acceptors (Lipinski definition) is 4. The lowest BCUT2D eigenvalue weighted by Crippen LogP contribution is -2.22. The molecule has 124 valence electrons. The quantitative estimate of drug-likeness (QED) is 0.475. The fourth-order valence-corrected chi connectivity index (χ4v) is 2.18. The van der Waals surface area contributed by atoms with Crippen LogP contribution < -0.4 is 10.6 Å². The van der Waals surface area contributed by atoms with Crippen LogP contribution in [-0.4, -0.2) is 32.2 Å². The molecule has 5 heteroatoms. The number of rotatable bonds is 11. The molecule has 0 aromatic heterocycles. The molecule has 0 saturated carbocycles. The summed E-state index contributed by atoms with van der Waals surface area (Å²) in [6, 6.07) is 5.34. The van der Waals surface area contributed by atoms with Crippen LogP contribution >= 0.6 is 11.6 Å². The summed E-state index contributed by atoms with van der Waals surface area (Å²) in [5.74, 6) is -0.373.